The number of allylic oxidation sites excluding steroid dienone is 1. The fourth-order valence-corrected chi connectivity index (χ4v) is 1.21. The van der Waals surface area contributed by atoms with E-state index in [4.69, 9.17) is 11.6 Å². The normalized spacial score (nSPS) is 10.7. The number of carbonyl (C=O) groups excluding carboxylic acids is 1. The molecule has 0 unspecified atom stereocenters. The third kappa shape index (κ3) is 4.24. The maximum Gasteiger partial charge on any atom is 0.130 e. The van der Waals surface area contributed by atoms with Gasteiger partial charge in [0.1, 0.15) is 5.78 Å². The van der Waals surface area contributed by atoms with Crippen molar-refractivity contribution in [2.45, 2.75) is 19.8 Å². The first kappa shape index (κ1) is 11.0. The molecule has 1 nitrogen and oxygen atoms in total. The Morgan fingerprint density at radius 2 is 2.00 bits per heavy atom. The van der Waals surface area contributed by atoms with Crippen LogP contribution in [0.3, 0.4) is 0 Å². The number of benzene rings is 1. The highest BCUT2D eigenvalue weighted by molar-refractivity contribution is 6.30. The number of hydrogen-bond donors (Lipinski definition) is 0. The minimum absolute atomic E-state index is 0.228. The molecular weight excluding hydrogens is 196 g/mol. The van der Waals surface area contributed by atoms with Crippen LogP contribution >= 0.6 is 11.6 Å². The molecule has 0 aliphatic heterocycles. The molecule has 0 heterocycles. The molecule has 0 saturated heterocycles. The van der Waals surface area contributed by atoms with Crippen molar-refractivity contribution in [3.8, 4) is 0 Å². The minimum atomic E-state index is 0.228. The molecule has 0 spiro atoms. The summed E-state index contributed by atoms with van der Waals surface area (Å²) in [6, 6.07) is 7.61. The fraction of sp³-hybridized carbons (Fsp3) is 0.250. The van der Waals surface area contributed by atoms with E-state index >= 15 is 0 Å². The number of ketones is 1. The molecule has 0 aromatic heterocycles. The van der Waals surface area contributed by atoms with Crippen LogP contribution in [0.4, 0.5) is 0 Å². The third-order valence-corrected chi connectivity index (χ3v) is 2.10. The zero-order valence-electron chi connectivity index (χ0n) is 8.16. The van der Waals surface area contributed by atoms with Gasteiger partial charge in [0.25, 0.3) is 0 Å². The van der Waals surface area contributed by atoms with E-state index in [2.05, 4.69) is 0 Å². The van der Waals surface area contributed by atoms with E-state index in [0.29, 0.717) is 6.42 Å². The van der Waals surface area contributed by atoms with E-state index in [0.717, 1.165) is 17.0 Å². The van der Waals surface area contributed by atoms with Crippen molar-refractivity contribution in [1.82, 2.24) is 0 Å². The molecule has 0 atom stereocenters. The van der Waals surface area contributed by atoms with Crippen LogP contribution in [0.25, 0.3) is 6.08 Å². The van der Waals surface area contributed by atoms with Crippen LogP contribution in [-0.2, 0) is 4.79 Å². The van der Waals surface area contributed by atoms with E-state index in [1.54, 1.807) is 6.92 Å². The molecule has 1 aromatic carbocycles. The Balaban J connectivity index is 2.44. The van der Waals surface area contributed by atoms with Crippen molar-refractivity contribution in [2.75, 3.05) is 0 Å². The van der Waals surface area contributed by atoms with E-state index < -0.39 is 0 Å². The summed E-state index contributed by atoms with van der Waals surface area (Å²) in [6.07, 6.45) is 5.42. The zero-order chi connectivity index (χ0) is 10.4. The fourth-order valence-electron chi connectivity index (χ4n) is 1.08. The molecule has 0 radical (unpaired) electrons. The first-order valence-corrected chi connectivity index (χ1v) is 4.98. The summed E-state index contributed by atoms with van der Waals surface area (Å²) in [7, 11) is 0. The van der Waals surface area contributed by atoms with Crippen molar-refractivity contribution >= 4 is 23.5 Å². The van der Waals surface area contributed by atoms with Gasteiger partial charge < -0.3 is 4.79 Å². The number of rotatable bonds is 4. The zero-order valence-corrected chi connectivity index (χ0v) is 8.92. The summed E-state index contributed by atoms with van der Waals surface area (Å²) in [5, 5.41) is 0.742. The van der Waals surface area contributed by atoms with Crippen LogP contribution < -0.4 is 0 Å². The minimum Gasteiger partial charge on any atom is -0.300 e. The summed E-state index contributed by atoms with van der Waals surface area (Å²) in [6.45, 7) is 1.61. The quantitative estimate of drug-likeness (QED) is 0.737. The Bertz CT molecular complexity index is 325. The molecule has 2 heteroatoms. The molecule has 14 heavy (non-hydrogen) atoms. The maximum atomic E-state index is 10.6. The second kappa shape index (κ2) is 5.61. The largest absolute Gasteiger partial charge is 0.300 e. The van der Waals surface area contributed by atoms with Crippen LogP contribution in [0.5, 0.6) is 0 Å². The van der Waals surface area contributed by atoms with Gasteiger partial charge in [0.2, 0.25) is 0 Å². The van der Waals surface area contributed by atoms with Crippen molar-refractivity contribution in [3.05, 3.63) is 40.9 Å². The highest BCUT2D eigenvalue weighted by Crippen LogP contribution is 2.10. The summed E-state index contributed by atoms with van der Waals surface area (Å²) in [5.74, 6) is 0.228. The van der Waals surface area contributed by atoms with Gasteiger partial charge in [-0.25, -0.2) is 0 Å². The topological polar surface area (TPSA) is 17.1 Å². The Kier molecular flexibility index (Phi) is 4.41. The van der Waals surface area contributed by atoms with Crippen molar-refractivity contribution in [1.29, 1.82) is 0 Å². The molecule has 74 valence electrons. The van der Waals surface area contributed by atoms with E-state index in [1.165, 1.54) is 0 Å². The Hall–Kier alpha value is -1.08. The molecule has 0 bridgehead atoms. The van der Waals surface area contributed by atoms with Crippen LogP contribution in [0, 0.1) is 0 Å². The number of carbonyl (C=O) groups is 1. The van der Waals surface area contributed by atoms with Gasteiger partial charge in [-0.3, -0.25) is 0 Å². The number of hydrogen-bond acceptors (Lipinski definition) is 1. The van der Waals surface area contributed by atoms with Crippen LogP contribution in [0.1, 0.15) is 25.3 Å². The first-order valence-electron chi connectivity index (χ1n) is 4.60. The monoisotopic (exact) mass is 208 g/mol. The molecule has 0 amide bonds. The van der Waals surface area contributed by atoms with Gasteiger partial charge in [-0.1, -0.05) is 35.9 Å². The maximum absolute atomic E-state index is 10.6. The second-order valence-corrected chi connectivity index (χ2v) is 3.63. The van der Waals surface area contributed by atoms with Crippen LogP contribution in [0.2, 0.25) is 5.02 Å². The smallest absolute Gasteiger partial charge is 0.130 e. The molecule has 1 aromatic rings. The van der Waals surface area contributed by atoms with Gasteiger partial charge in [0.15, 0.2) is 0 Å². The molecule has 0 aliphatic carbocycles. The summed E-state index contributed by atoms with van der Waals surface area (Å²) in [5.41, 5.74) is 1.11. The Morgan fingerprint density at radius 3 is 2.57 bits per heavy atom. The average Bonchev–Trinajstić information content (AvgIpc) is 2.15. The van der Waals surface area contributed by atoms with Gasteiger partial charge in [-0.15, -0.1) is 0 Å². The molecule has 0 fully saturated rings. The van der Waals surface area contributed by atoms with Gasteiger partial charge >= 0.3 is 0 Å². The van der Waals surface area contributed by atoms with Crippen LogP contribution in [0.15, 0.2) is 30.3 Å². The predicted octanol–water partition coefficient (Wildman–Crippen LogP) is 3.72. The highest BCUT2D eigenvalue weighted by atomic mass is 35.5. The average molecular weight is 209 g/mol. The van der Waals surface area contributed by atoms with E-state index in [-0.39, 0.29) is 5.78 Å². The number of Topliss-reactive ketones (excluding diaryl/α,β-unsaturated/α-hetero) is 1. The van der Waals surface area contributed by atoms with E-state index in [1.807, 2.05) is 36.4 Å². The van der Waals surface area contributed by atoms with Crippen LogP contribution in [-0.4, -0.2) is 5.78 Å². The predicted molar refractivity (Wildman–Crippen MR) is 60.4 cm³/mol. The van der Waals surface area contributed by atoms with Gasteiger partial charge in [-0.05, 0) is 31.0 Å². The first-order chi connectivity index (χ1) is 6.68. The Morgan fingerprint density at radius 1 is 1.36 bits per heavy atom. The second-order valence-electron chi connectivity index (χ2n) is 3.19. The lowest BCUT2D eigenvalue weighted by Gasteiger charge is -1.93. The highest BCUT2D eigenvalue weighted by Gasteiger charge is 1.90. The molecule has 0 saturated carbocycles. The molecular formula is C12H13ClO. The van der Waals surface area contributed by atoms with Gasteiger partial charge in [0.05, 0.1) is 0 Å². The lowest BCUT2D eigenvalue weighted by molar-refractivity contribution is -0.116. The summed E-state index contributed by atoms with van der Waals surface area (Å²) < 4.78 is 0. The van der Waals surface area contributed by atoms with Crippen molar-refractivity contribution in [3.63, 3.8) is 0 Å². The molecule has 0 N–H and O–H groups in total. The van der Waals surface area contributed by atoms with E-state index in [9.17, 15) is 4.79 Å². The third-order valence-electron chi connectivity index (χ3n) is 1.84. The molecule has 0 aliphatic rings. The molecule has 1 rings (SSSR count). The standard InChI is InChI=1S/C12H13ClO/c1-10(14)4-2-3-5-11-6-8-12(13)9-7-11/h3,5-9H,2,4H2,1H3. The Labute approximate surface area is 89.4 Å². The van der Waals surface area contributed by atoms with Crippen molar-refractivity contribution < 1.29 is 4.79 Å². The van der Waals surface area contributed by atoms with Gasteiger partial charge in [0, 0.05) is 11.4 Å². The van der Waals surface area contributed by atoms with Gasteiger partial charge in [-0.2, -0.15) is 0 Å². The number of halogens is 1. The summed E-state index contributed by atoms with van der Waals surface area (Å²) >= 11 is 5.75. The lowest BCUT2D eigenvalue weighted by Crippen LogP contribution is -1.86. The summed E-state index contributed by atoms with van der Waals surface area (Å²) in [4.78, 5) is 10.6. The SMILES string of the molecule is CC(=O)CCC=Cc1ccc(Cl)cc1. The van der Waals surface area contributed by atoms with Crippen molar-refractivity contribution in [2.24, 2.45) is 0 Å². The lowest BCUT2D eigenvalue weighted by atomic mass is 10.1.